The Kier molecular flexibility index (Phi) is 4.65. The van der Waals surface area contributed by atoms with Crippen molar-refractivity contribution in [2.24, 2.45) is 5.73 Å². The summed E-state index contributed by atoms with van der Waals surface area (Å²) in [6.07, 6.45) is 16.0. The van der Waals surface area contributed by atoms with Crippen molar-refractivity contribution in [3.63, 3.8) is 0 Å². The molecule has 2 aliphatic carbocycles. The predicted molar refractivity (Wildman–Crippen MR) is 115 cm³/mol. The second-order valence-corrected chi connectivity index (χ2v) is 8.12. The van der Waals surface area contributed by atoms with Gasteiger partial charge in [0.05, 0.1) is 11.7 Å². The van der Waals surface area contributed by atoms with Crippen LogP contribution in [0.5, 0.6) is 0 Å². The highest BCUT2D eigenvalue weighted by Gasteiger charge is 2.24. The molecule has 1 atom stereocenters. The van der Waals surface area contributed by atoms with Crippen LogP contribution in [0.25, 0.3) is 16.8 Å². The van der Waals surface area contributed by atoms with Crippen LogP contribution in [-0.2, 0) is 12.8 Å². The van der Waals surface area contributed by atoms with Gasteiger partial charge in [0.25, 0.3) is 0 Å². The number of hydrogen-bond donors (Lipinski definition) is 3. The van der Waals surface area contributed by atoms with Gasteiger partial charge in [-0.1, -0.05) is 30.4 Å². The molecule has 0 bridgehead atoms. The fourth-order valence-corrected chi connectivity index (χ4v) is 4.76. The van der Waals surface area contributed by atoms with Crippen molar-refractivity contribution in [1.82, 2.24) is 15.3 Å². The van der Waals surface area contributed by atoms with Crippen LogP contribution < -0.4 is 11.1 Å². The molecule has 28 heavy (non-hydrogen) atoms. The third kappa shape index (κ3) is 3.22. The van der Waals surface area contributed by atoms with Gasteiger partial charge in [0.1, 0.15) is 5.82 Å². The number of aromatic amines is 1. The molecule has 1 aromatic carbocycles. The fourth-order valence-electron chi connectivity index (χ4n) is 4.76. The molecule has 2 aromatic rings. The lowest BCUT2D eigenvalue weighted by Crippen LogP contribution is -2.14. The first-order valence-corrected chi connectivity index (χ1v) is 10.6. The molecule has 1 aliphatic heterocycles. The number of aromatic nitrogens is 2. The van der Waals surface area contributed by atoms with Crippen molar-refractivity contribution >= 4 is 5.57 Å². The largest absolute Gasteiger partial charge is 0.405 e. The maximum atomic E-state index is 5.52. The molecule has 1 saturated heterocycles. The molecular weight excluding hydrogens is 344 g/mol. The fraction of sp³-hybridized carbons (Fsp3) is 0.375. The average Bonchev–Trinajstić information content (AvgIpc) is 3.36. The van der Waals surface area contributed by atoms with Crippen molar-refractivity contribution in [2.75, 3.05) is 6.54 Å². The average molecular weight is 373 g/mol. The molecule has 0 saturated carbocycles. The summed E-state index contributed by atoms with van der Waals surface area (Å²) in [4.78, 5) is 8.69. The summed E-state index contributed by atoms with van der Waals surface area (Å²) in [5, 5.41) is 3.57. The van der Waals surface area contributed by atoms with E-state index in [9.17, 15) is 0 Å². The molecule has 0 radical (unpaired) electrons. The summed E-state index contributed by atoms with van der Waals surface area (Å²) in [5.41, 5.74) is 14.8. The number of rotatable bonds is 3. The van der Waals surface area contributed by atoms with Crippen LogP contribution in [0.15, 0.2) is 48.2 Å². The molecule has 4 nitrogen and oxygen atoms in total. The number of nitrogens with two attached hydrogens (primary N) is 1. The lowest BCUT2D eigenvalue weighted by atomic mass is 9.90. The highest BCUT2D eigenvalue weighted by molar-refractivity contribution is 5.75. The van der Waals surface area contributed by atoms with Gasteiger partial charge < -0.3 is 16.0 Å². The zero-order valence-electron chi connectivity index (χ0n) is 16.3. The molecule has 2 heterocycles. The molecular formula is C24H28N4. The molecule has 4 N–H and O–H groups in total. The van der Waals surface area contributed by atoms with E-state index in [1.165, 1.54) is 58.5 Å². The summed E-state index contributed by atoms with van der Waals surface area (Å²) >= 11 is 0. The van der Waals surface area contributed by atoms with Crippen LogP contribution in [0.1, 0.15) is 60.8 Å². The van der Waals surface area contributed by atoms with E-state index in [0.717, 1.165) is 38.1 Å². The maximum absolute atomic E-state index is 5.52. The van der Waals surface area contributed by atoms with E-state index < -0.39 is 0 Å². The van der Waals surface area contributed by atoms with E-state index in [2.05, 4.69) is 40.7 Å². The summed E-state index contributed by atoms with van der Waals surface area (Å²) in [7, 11) is 0. The van der Waals surface area contributed by atoms with E-state index >= 15 is 0 Å². The number of benzene rings is 1. The second-order valence-electron chi connectivity index (χ2n) is 8.12. The minimum Gasteiger partial charge on any atom is -0.405 e. The Morgan fingerprint density at radius 3 is 2.82 bits per heavy atom. The Balaban J connectivity index is 1.48. The first-order valence-electron chi connectivity index (χ1n) is 10.6. The van der Waals surface area contributed by atoms with Gasteiger partial charge in [-0.2, -0.15) is 0 Å². The van der Waals surface area contributed by atoms with E-state index in [0.29, 0.717) is 6.04 Å². The van der Waals surface area contributed by atoms with Gasteiger partial charge in [0.15, 0.2) is 0 Å². The van der Waals surface area contributed by atoms with Crippen LogP contribution >= 0.6 is 0 Å². The third-order valence-electron chi connectivity index (χ3n) is 6.28. The lowest BCUT2D eigenvalue weighted by molar-refractivity contribution is 0.610. The van der Waals surface area contributed by atoms with E-state index in [-0.39, 0.29) is 0 Å². The number of nitrogens with one attached hydrogen (secondary N) is 2. The molecule has 144 valence electrons. The molecule has 3 aliphatic rings. The topological polar surface area (TPSA) is 66.7 Å². The third-order valence-corrected chi connectivity index (χ3v) is 6.28. The normalized spacial score (nSPS) is 21.8. The van der Waals surface area contributed by atoms with Gasteiger partial charge in [0.2, 0.25) is 0 Å². The number of fused-ring (bicyclic) bond motifs is 3. The molecule has 0 spiro atoms. The monoisotopic (exact) mass is 372 g/mol. The Labute approximate surface area is 166 Å². The standard InChI is InChI=1S/C24H28N4/c25-13-12-16-6-8-17(9-7-16)18-10-11-20-19(15-18)3-1-4-21-23(20)28-24(27-21)22-5-2-14-26-22/h6,8,10-13,15,22,26H,1-5,7,9,14,25H2,(H,27,28)/b13-12+/t22-/m0/s1. The SMILES string of the molecule is N/C=C/C1=CC=C(c2ccc3c(c2)CCCc2[nH]c([C@@H]4CCCN4)nc2-3)CC1. The smallest absolute Gasteiger partial charge is 0.124 e. The van der Waals surface area contributed by atoms with Crippen LogP contribution in [0.3, 0.4) is 0 Å². The molecule has 0 amide bonds. The van der Waals surface area contributed by atoms with Gasteiger partial charge in [-0.25, -0.2) is 4.98 Å². The van der Waals surface area contributed by atoms with Crippen molar-refractivity contribution in [1.29, 1.82) is 0 Å². The molecule has 1 aromatic heterocycles. The zero-order valence-corrected chi connectivity index (χ0v) is 16.3. The summed E-state index contributed by atoms with van der Waals surface area (Å²) in [5.74, 6) is 1.13. The molecule has 5 rings (SSSR count). The Morgan fingerprint density at radius 1 is 1.07 bits per heavy atom. The number of allylic oxidation sites excluding steroid dienone is 5. The number of nitrogens with zero attached hydrogens (tertiary/aromatic N) is 1. The predicted octanol–water partition coefficient (Wildman–Crippen LogP) is 4.57. The highest BCUT2D eigenvalue weighted by atomic mass is 15.0. The van der Waals surface area contributed by atoms with E-state index in [1.54, 1.807) is 6.20 Å². The minimum atomic E-state index is 0.394. The Hall–Kier alpha value is -2.59. The summed E-state index contributed by atoms with van der Waals surface area (Å²) in [6, 6.07) is 7.36. The maximum Gasteiger partial charge on any atom is 0.124 e. The lowest BCUT2D eigenvalue weighted by Gasteiger charge is -2.15. The number of hydrogen-bond acceptors (Lipinski definition) is 3. The van der Waals surface area contributed by atoms with Gasteiger partial charge in [-0.05, 0) is 86.0 Å². The first kappa shape index (κ1) is 17.5. The number of H-pyrrole nitrogens is 1. The van der Waals surface area contributed by atoms with Crippen LogP contribution in [0.4, 0.5) is 0 Å². The zero-order chi connectivity index (χ0) is 18.9. The Bertz CT molecular complexity index is 970. The highest BCUT2D eigenvalue weighted by Crippen LogP contribution is 2.36. The molecule has 0 unspecified atom stereocenters. The Morgan fingerprint density at radius 2 is 2.04 bits per heavy atom. The van der Waals surface area contributed by atoms with Crippen molar-refractivity contribution in [2.45, 2.75) is 51.0 Å². The van der Waals surface area contributed by atoms with Crippen LogP contribution in [0.2, 0.25) is 0 Å². The van der Waals surface area contributed by atoms with Crippen molar-refractivity contribution in [3.8, 4) is 11.3 Å². The first-order chi connectivity index (χ1) is 13.8. The molecule has 4 heteroatoms. The quantitative estimate of drug-likeness (QED) is 0.739. The van der Waals surface area contributed by atoms with E-state index in [1.807, 2.05) is 6.08 Å². The van der Waals surface area contributed by atoms with Crippen LogP contribution in [-0.4, -0.2) is 16.5 Å². The summed E-state index contributed by atoms with van der Waals surface area (Å²) < 4.78 is 0. The van der Waals surface area contributed by atoms with E-state index in [4.69, 9.17) is 10.7 Å². The van der Waals surface area contributed by atoms with Crippen molar-refractivity contribution in [3.05, 3.63) is 70.8 Å². The number of imidazole rings is 1. The molecule has 1 fully saturated rings. The number of aryl methyl sites for hydroxylation is 2. The van der Waals surface area contributed by atoms with Gasteiger partial charge in [-0.3, -0.25) is 0 Å². The van der Waals surface area contributed by atoms with Crippen molar-refractivity contribution < 1.29 is 0 Å². The van der Waals surface area contributed by atoms with Gasteiger partial charge >= 0.3 is 0 Å². The van der Waals surface area contributed by atoms with Gasteiger partial charge in [-0.15, -0.1) is 0 Å². The van der Waals surface area contributed by atoms with Gasteiger partial charge in [0, 0.05) is 11.3 Å². The van der Waals surface area contributed by atoms with Crippen LogP contribution in [0, 0.1) is 0 Å². The summed E-state index contributed by atoms with van der Waals surface area (Å²) in [6.45, 7) is 1.10. The second kappa shape index (κ2) is 7.44. The minimum absolute atomic E-state index is 0.394.